The summed E-state index contributed by atoms with van der Waals surface area (Å²) in [6.07, 6.45) is 9.07. The minimum absolute atomic E-state index is 0.663. The van der Waals surface area contributed by atoms with Crippen LogP contribution in [0.4, 0.5) is 0 Å². The molecule has 12 heavy (non-hydrogen) atoms. The van der Waals surface area contributed by atoms with Crippen molar-refractivity contribution in [2.24, 2.45) is 0 Å². The molecule has 1 saturated carbocycles. The van der Waals surface area contributed by atoms with Crippen molar-refractivity contribution in [1.82, 2.24) is 0 Å². The van der Waals surface area contributed by atoms with E-state index >= 15 is 0 Å². The van der Waals surface area contributed by atoms with Crippen molar-refractivity contribution in [1.29, 1.82) is 0 Å². The number of rotatable bonds is 2. The Morgan fingerprint density at radius 1 is 1.00 bits per heavy atom. The third kappa shape index (κ3) is 1.91. The van der Waals surface area contributed by atoms with Crippen molar-refractivity contribution in [3.8, 4) is 0 Å². The van der Waals surface area contributed by atoms with Crippen molar-refractivity contribution in [3.05, 3.63) is 0 Å². The summed E-state index contributed by atoms with van der Waals surface area (Å²) in [5, 5.41) is 0. The third-order valence-electron chi connectivity index (χ3n) is 3.41. The molecular weight excluding hydrogens is 164 g/mol. The molecule has 1 heterocycles. The minimum Gasteiger partial charge on any atom is -0.414 e. The largest absolute Gasteiger partial charge is 0.414 e. The first-order chi connectivity index (χ1) is 5.79. The summed E-state index contributed by atoms with van der Waals surface area (Å²) in [4.78, 5) is 0. The van der Waals surface area contributed by atoms with Gasteiger partial charge in [0.1, 0.15) is 0 Å². The first-order valence-corrected chi connectivity index (χ1v) is 8.29. The standard InChI is InChI=1S/C10H20OSi/c1-12(8-5-9-12)11-10-6-3-2-4-7-10/h10H,2-9H2,1H3. The maximum absolute atomic E-state index is 6.25. The smallest absolute Gasteiger partial charge is 0.190 e. The lowest BCUT2D eigenvalue weighted by atomic mass is 9.98. The summed E-state index contributed by atoms with van der Waals surface area (Å²) in [7, 11) is -1.08. The van der Waals surface area contributed by atoms with Crippen LogP contribution >= 0.6 is 0 Å². The van der Waals surface area contributed by atoms with Crippen LogP contribution in [-0.2, 0) is 4.43 Å². The second-order valence-electron chi connectivity index (χ2n) is 4.68. The zero-order valence-electron chi connectivity index (χ0n) is 8.14. The van der Waals surface area contributed by atoms with Crippen molar-refractivity contribution in [3.63, 3.8) is 0 Å². The van der Waals surface area contributed by atoms with Crippen LogP contribution in [0.2, 0.25) is 18.6 Å². The summed E-state index contributed by atoms with van der Waals surface area (Å²) in [6, 6.07) is 2.87. The Morgan fingerprint density at radius 2 is 1.67 bits per heavy atom. The van der Waals surface area contributed by atoms with Gasteiger partial charge in [0.15, 0.2) is 8.32 Å². The minimum atomic E-state index is -1.08. The Morgan fingerprint density at radius 3 is 2.17 bits per heavy atom. The van der Waals surface area contributed by atoms with Gasteiger partial charge in [-0.2, -0.15) is 0 Å². The molecule has 0 spiro atoms. The van der Waals surface area contributed by atoms with Gasteiger partial charge in [0.05, 0.1) is 0 Å². The van der Waals surface area contributed by atoms with E-state index in [1.165, 1.54) is 50.6 Å². The molecule has 1 aliphatic carbocycles. The van der Waals surface area contributed by atoms with Gasteiger partial charge in [0.25, 0.3) is 0 Å². The predicted molar refractivity (Wildman–Crippen MR) is 53.8 cm³/mol. The molecule has 70 valence electrons. The molecule has 0 amide bonds. The molecular formula is C10H20OSi. The van der Waals surface area contributed by atoms with Crippen LogP contribution in [0, 0.1) is 0 Å². The van der Waals surface area contributed by atoms with Crippen molar-refractivity contribution >= 4 is 8.32 Å². The quantitative estimate of drug-likeness (QED) is 0.598. The molecule has 1 nitrogen and oxygen atoms in total. The molecule has 0 aromatic rings. The lowest BCUT2D eigenvalue weighted by Gasteiger charge is -2.40. The maximum atomic E-state index is 6.25. The second kappa shape index (κ2) is 3.50. The van der Waals surface area contributed by atoms with E-state index in [0.717, 1.165) is 0 Å². The topological polar surface area (TPSA) is 9.23 Å². The zero-order chi connectivity index (χ0) is 8.44. The van der Waals surface area contributed by atoms with Gasteiger partial charge in [-0.1, -0.05) is 25.7 Å². The molecule has 1 saturated heterocycles. The van der Waals surface area contributed by atoms with Gasteiger partial charge in [-0.05, 0) is 31.5 Å². The highest BCUT2D eigenvalue weighted by atomic mass is 28.4. The molecule has 1 aliphatic heterocycles. The molecule has 2 aliphatic rings. The van der Waals surface area contributed by atoms with E-state index < -0.39 is 8.32 Å². The van der Waals surface area contributed by atoms with Crippen LogP contribution < -0.4 is 0 Å². The second-order valence-corrected chi connectivity index (χ2v) is 8.82. The van der Waals surface area contributed by atoms with Crippen LogP contribution in [-0.4, -0.2) is 14.4 Å². The Labute approximate surface area is 76.6 Å². The number of hydrogen-bond donors (Lipinski definition) is 0. The van der Waals surface area contributed by atoms with Crippen molar-refractivity contribution < 1.29 is 4.43 Å². The summed E-state index contributed by atoms with van der Waals surface area (Å²) in [5.74, 6) is 0. The van der Waals surface area contributed by atoms with E-state index in [1.54, 1.807) is 0 Å². The van der Waals surface area contributed by atoms with Gasteiger partial charge in [-0.3, -0.25) is 0 Å². The molecule has 0 aromatic heterocycles. The fourth-order valence-electron chi connectivity index (χ4n) is 2.38. The fourth-order valence-corrected chi connectivity index (χ4v) is 5.00. The molecule has 0 unspecified atom stereocenters. The summed E-state index contributed by atoms with van der Waals surface area (Å²) < 4.78 is 6.25. The van der Waals surface area contributed by atoms with Crippen LogP contribution in [0.1, 0.15) is 38.5 Å². The Bertz CT molecular complexity index is 148. The van der Waals surface area contributed by atoms with Gasteiger partial charge in [0, 0.05) is 6.10 Å². The molecule has 0 radical (unpaired) electrons. The van der Waals surface area contributed by atoms with E-state index in [2.05, 4.69) is 6.55 Å². The highest BCUT2D eigenvalue weighted by molar-refractivity contribution is 6.75. The molecule has 2 fully saturated rings. The molecule has 2 heteroatoms. The van der Waals surface area contributed by atoms with E-state index in [4.69, 9.17) is 4.43 Å². The lowest BCUT2D eigenvalue weighted by Crippen LogP contribution is -2.44. The average molecular weight is 184 g/mol. The van der Waals surface area contributed by atoms with Gasteiger partial charge >= 0.3 is 0 Å². The monoisotopic (exact) mass is 184 g/mol. The molecule has 0 aromatic carbocycles. The summed E-state index contributed by atoms with van der Waals surface area (Å²) in [6.45, 7) is 2.42. The molecule has 2 rings (SSSR count). The molecule has 0 N–H and O–H groups in total. The number of hydrogen-bond acceptors (Lipinski definition) is 1. The van der Waals surface area contributed by atoms with Gasteiger partial charge in [0.2, 0.25) is 0 Å². The zero-order valence-corrected chi connectivity index (χ0v) is 9.14. The highest BCUT2D eigenvalue weighted by Crippen LogP contribution is 2.36. The van der Waals surface area contributed by atoms with E-state index in [-0.39, 0.29) is 0 Å². The van der Waals surface area contributed by atoms with Crippen LogP contribution in [0.5, 0.6) is 0 Å². The fraction of sp³-hybridized carbons (Fsp3) is 1.00. The average Bonchev–Trinajstić information content (AvgIpc) is 2.04. The summed E-state index contributed by atoms with van der Waals surface area (Å²) in [5.41, 5.74) is 0. The van der Waals surface area contributed by atoms with Crippen LogP contribution in [0.3, 0.4) is 0 Å². The van der Waals surface area contributed by atoms with E-state index in [9.17, 15) is 0 Å². The van der Waals surface area contributed by atoms with Crippen molar-refractivity contribution in [2.75, 3.05) is 0 Å². The molecule has 0 atom stereocenters. The van der Waals surface area contributed by atoms with Crippen LogP contribution in [0.15, 0.2) is 0 Å². The van der Waals surface area contributed by atoms with Gasteiger partial charge < -0.3 is 4.43 Å². The van der Waals surface area contributed by atoms with Crippen molar-refractivity contribution in [2.45, 2.75) is 63.3 Å². The lowest BCUT2D eigenvalue weighted by molar-refractivity contribution is 0.138. The molecule has 0 bridgehead atoms. The predicted octanol–water partition coefficient (Wildman–Crippen LogP) is 3.31. The Hall–Kier alpha value is 0.177. The third-order valence-corrected chi connectivity index (χ3v) is 7.14. The van der Waals surface area contributed by atoms with Gasteiger partial charge in [-0.15, -0.1) is 0 Å². The highest BCUT2D eigenvalue weighted by Gasteiger charge is 2.38. The van der Waals surface area contributed by atoms with E-state index in [1.807, 2.05) is 0 Å². The Balaban J connectivity index is 1.77. The first kappa shape index (κ1) is 8.76. The van der Waals surface area contributed by atoms with Crippen LogP contribution in [0.25, 0.3) is 0 Å². The first-order valence-electron chi connectivity index (χ1n) is 5.46. The SMILES string of the molecule is C[Si]1(OC2CCCCC2)CCC1. The Kier molecular flexibility index (Phi) is 2.56. The summed E-state index contributed by atoms with van der Waals surface area (Å²) >= 11 is 0. The maximum Gasteiger partial charge on any atom is 0.190 e. The van der Waals surface area contributed by atoms with E-state index in [0.29, 0.717) is 6.10 Å². The van der Waals surface area contributed by atoms with Gasteiger partial charge in [-0.25, -0.2) is 0 Å². The normalized spacial score (nSPS) is 29.8.